The summed E-state index contributed by atoms with van der Waals surface area (Å²) >= 11 is 0. The molecule has 4 nitrogen and oxygen atoms in total. The molecule has 0 radical (unpaired) electrons. The number of primary amides is 1. The molecule has 0 aliphatic rings. The fourth-order valence-corrected chi connectivity index (χ4v) is 1.68. The molecule has 1 amide bonds. The summed E-state index contributed by atoms with van der Waals surface area (Å²) in [5.41, 5.74) is 8.66. The molecule has 3 N–H and O–H groups in total. The van der Waals surface area contributed by atoms with Gasteiger partial charge in [0.1, 0.15) is 0 Å². The lowest BCUT2D eigenvalue weighted by Crippen LogP contribution is -2.13. The van der Waals surface area contributed by atoms with Gasteiger partial charge in [0.2, 0.25) is 5.91 Å². The van der Waals surface area contributed by atoms with E-state index in [2.05, 4.69) is 5.32 Å². The second kappa shape index (κ2) is 4.74. The van der Waals surface area contributed by atoms with Crippen molar-refractivity contribution < 1.29 is 9.21 Å². The zero-order valence-electron chi connectivity index (χ0n) is 9.57. The summed E-state index contributed by atoms with van der Waals surface area (Å²) in [6.45, 7) is 2.53. The van der Waals surface area contributed by atoms with E-state index < -0.39 is 5.91 Å². The minimum Gasteiger partial charge on any atom is -0.472 e. The van der Waals surface area contributed by atoms with E-state index >= 15 is 0 Å². The first-order valence-corrected chi connectivity index (χ1v) is 5.33. The number of anilines is 1. The summed E-state index contributed by atoms with van der Waals surface area (Å²) in [5, 5.41) is 3.24. The minimum atomic E-state index is -0.408. The summed E-state index contributed by atoms with van der Waals surface area (Å²) in [7, 11) is 0. The number of hydrogen-bond donors (Lipinski definition) is 2. The van der Waals surface area contributed by atoms with Gasteiger partial charge in [0.25, 0.3) is 0 Å². The van der Waals surface area contributed by atoms with Crippen LogP contribution < -0.4 is 11.1 Å². The van der Waals surface area contributed by atoms with E-state index in [1.807, 2.05) is 25.1 Å². The standard InChI is InChI=1S/C13H14N2O2/c1-9-11(13(14)16)3-2-4-12(9)15-7-10-5-6-17-8-10/h2-6,8,15H,7H2,1H3,(H2,14,16). The number of hydrogen-bond acceptors (Lipinski definition) is 3. The molecule has 17 heavy (non-hydrogen) atoms. The van der Waals surface area contributed by atoms with Crippen molar-refractivity contribution in [2.45, 2.75) is 13.5 Å². The van der Waals surface area contributed by atoms with Crippen molar-refractivity contribution in [2.24, 2.45) is 5.73 Å². The highest BCUT2D eigenvalue weighted by molar-refractivity contribution is 5.95. The van der Waals surface area contributed by atoms with Gasteiger partial charge in [-0.1, -0.05) is 6.07 Å². The Bertz CT molecular complexity index is 518. The van der Waals surface area contributed by atoms with Gasteiger partial charge in [-0.25, -0.2) is 0 Å². The third-order valence-corrected chi connectivity index (χ3v) is 2.66. The third-order valence-electron chi connectivity index (χ3n) is 2.66. The second-order valence-electron chi connectivity index (χ2n) is 3.83. The number of benzene rings is 1. The fourth-order valence-electron chi connectivity index (χ4n) is 1.68. The van der Waals surface area contributed by atoms with Crippen molar-refractivity contribution >= 4 is 11.6 Å². The van der Waals surface area contributed by atoms with Crippen molar-refractivity contribution in [1.29, 1.82) is 0 Å². The van der Waals surface area contributed by atoms with Crippen LogP contribution >= 0.6 is 0 Å². The molecule has 0 spiro atoms. The van der Waals surface area contributed by atoms with Gasteiger partial charge < -0.3 is 15.5 Å². The Labute approximate surface area is 99.4 Å². The molecular formula is C13H14N2O2. The van der Waals surface area contributed by atoms with Crippen LogP contribution in [0.15, 0.2) is 41.2 Å². The van der Waals surface area contributed by atoms with Crippen LogP contribution in [-0.2, 0) is 6.54 Å². The van der Waals surface area contributed by atoms with Crippen molar-refractivity contribution in [3.63, 3.8) is 0 Å². The van der Waals surface area contributed by atoms with E-state index in [1.54, 1.807) is 18.6 Å². The first-order chi connectivity index (χ1) is 8.18. The SMILES string of the molecule is Cc1c(NCc2ccoc2)cccc1C(N)=O. The molecule has 0 bridgehead atoms. The monoisotopic (exact) mass is 230 g/mol. The smallest absolute Gasteiger partial charge is 0.249 e. The molecule has 2 rings (SSSR count). The molecule has 0 saturated carbocycles. The van der Waals surface area contributed by atoms with Crippen molar-refractivity contribution in [3.8, 4) is 0 Å². The fraction of sp³-hybridized carbons (Fsp3) is 0.154. The van der Waals surface area contributed by atoms with Crippen molar-refractivity contribution in [3.05, 3.63) is 53.5 Å². The van der Waals surface area contributed by atoms with E-state index in [-0.39, 0.29) is 0 Å². The normalized spacial score (nSPS) is 10.2. The van der Waals surface area contributed by atoms with Crippen LogP contribution in [0.1, 0.15) is 21.5 Å². The highest BCUT2D eigenvalue weighted by Crippen LogP contribution is 2.19. The Hall–Kier alpha value is -2.23. The summed E-state index contributed by atoms with van der Waals surface area (Å²) in [4.78, 5) is 11.2. The Balaban J connectivity index is 2.16. The maximum atomic E-state index is 11.2. The maximum absolute atomic E-state index is 11.2. The summed E-state index contributed by atoms with van der Waals surface area (Å²) < 4.78 is 4.98. The van der Waals surface area contributed by atoms with Crippen LogP contribution in [0.2, 0.25) is 0 Å². The number of nitrogens with two attached hydrogens (primary N) is 1. The number of nitrogens with one attached hydrogen (secondary N) is 1. The number of carbonyl (C=O) groups excluding carboxylic acids is 1. The molecule has 1 aromatic carbocycles. The summed E-state index contributed by atoms with van der Waals surface area (Å²) in [6.07, 6.45) is 3.31. The number of furan rings is 1. The highest BCUT2D eigenvalue weighted by atomic mass is 16.3. The van der Waals surface area contributed by atoms with Crippen LogP contribution in [0.5, 0.6) is 0 Å². The van der Waals surface area contributed by atoms with Gasteiger partial charge in [0.05, 0.1) is 12.5 Å². The van der Waals surface area contributed by atoms with Crippen LogP contribution in [0.25, 0.3) is 0 Å². The molecule has 0 fully saturated rings. The van der Waals surface area contributed by atoms with Gasteiger partial charge in [0.15, 0.2) is 0 Å². The molecule has 0 atom stereocenters. The van der Waals surface area contributed by atoms with Gasteiger partial charge in [-0.05, 0) is 30.7 Å². The predicted molar refractivity (Wildman–Crippen MR) is 65.7 cm³/mol. The van der Waals surface area contributed by atoms with Gasteiger partial charge in [0, 0.05) is 23.4 Å². The van der Waals surface area contributed by atoms with Crippen LogP contribution in [0, 0.1) is 6.92 Å². The van der Waals surface area contributed by atoms with Gasteiger partial charge >= 0.3 is 0 Å². The van der Waals surface area contributed by atoms with E-state index in [9.17, 15) is 4.79 Å². The topological polar surface area (TPSA) is 68.3 Å². The molecule has 2 aromatic rings. The first kappa shape index (κ1) is 11.3. The number of rotatable bonds is 4. The molecule has 0 unspecified atom stereocenters. The van der Waals surface area contributed by atoms with Crippen LogP contribution in [-0.4, -0.2) is 5.91 Å². The van der Waals surface area contributed by atoms with Gasteiger partial charge in [-0.3, -0.25) is 4.79 Å². The maximum Gasteiger partial charge on any atom is 0.249 e. The summed E-state index contributed by atoms with van der Waals surface area (Å²) in [5.74, 6) is -0.408. The van der Waals surface area contributed by atoms with Crippen molar-refractivity contribution in [1.82, 2.24) is 0 Å². The van der Waals surface area contributed by atoms with Crippen LogP contribution in [0.3, 0.4) is 0 Å². The quantitative estimate of drug-likeness (QED) is 0.846. The first-order valence-electron chi connectivity index (χ1n) is 5.33. The number of amides is 1. The molecule has 0 aliphatic heterocycles. The Kier molecular flexibility index (Phi) is 3.14. The zero-order valence-corrected chi connectivity index (χ0v) is 9.57. The molecule has 0 aliphatic carbocycles. The Morgan fingerprint density at radius 1 is 1.41 bits per heavy atom. The van der Waals surface area contributed by atoms with Crippen molar-refractivity contribution in [2.75, 3.05) is 5.32 Å². The van der Waals surface area contributed by atoms with E-state index in [0.29, 0.717) is 12.1 Å². The van der Waals surface area contributed by atoms with Crippen LogP contribution in [0.4, 0.5) is 5.69 Å². The van der Waals surface area contributed by atoms with E-state index in [0.717, 1.165) is 16.8 Å². The Morgan fingerprint density at radius 2 is 2.24 bits per heavy atom. The van der Waals surface area contributed by atoms with Gasteiger partial charge in [-0.15, -0.1) is 0 Å². The minimum absolute atomic E-state index is 0.408. The molecular weight excluding hydrogens is 216 g/mol. The third kappa shape index (κ3) is 2.47. The van der Waals surface area contributed by atoms with E-state index in [1.165, 1.54) is 0 Å². The zero-order chi connectivity index (χ0) is 12.3. The largest absolute Gasteiger partial charge is 0.472 e. The molecule has 0 saturated heterocycles. The summed E-state index contributed by atoms with van der Waals surface area (Å²) in [6, 6.07) is 7.34. The Morgan fingerprint density at radius 3 is 2.88 bits per heavy atom. The highest BCUT2D eigenvalue weighted by Gasteiger charge is 2.07. The molecule has 88 valence electrons. The number of carbonyl (C=O) groups is 1. The molecule has 1 aromatic heterocycles. The molecule has 1 heterocycles. The lowest BCUT2D eigenvalue weighted by Gasteiger charge is -2.10. The average Bonchev–Trinajstić information content (AvgIpc) is 2.80. The molecule has 4 heteroatoms. The second-order valence-corrected chi connectivity index (χ2v) is 3.83. The lowest BCUT2D eigenvalue weighted by molar-refractivity contribution is 0.1000. The average molecular weight is 230 g/mol. The lowest BCUT2D eigenvalue weighted by atomic mass is 10.1. The van der Waals surface area contributed by atoms with Gasteiger partial charge in [-0.2, -0.15) is 0 Å². The predicted octanol–water partition coefficient (Wildman–Crippen LogP) is 2.30. The van der Waals surface area contributed by atoms with E-state index in [4.69, 9.17) is 10.2 Å².